The van der Waals surface area contributed by atoms with Crippen molar-refractivity contribution in [2.24, 2.45) is 0 Å². The molecule has 0 aliphatic carbocycles. The summed E-state index contributed by atoms with van der Waals surface area (Å²) in [5.41, 5.74) is 6.24. The van der Waals surface area contributed by atoms with Crippen LogP contribution in [-0.2, 0) is 4.74 Å². The molecule has 0 saturated carbocycles. The van der Waals surface area contributed by atoms with Crippen molar-refractivity contribution in [1.29, 1.82) is 0 Å². The first-order valence-corrected chi connectivity index (χ1v) is 10.9. The van der Waals surface area contributed by atoms with E-state index in [1.54, 1.807) is 0 Å². The summed E-state index contributed by atoms with van der Waals surface area (Å²) in [7, 11) is 6.11. The quantitative estimate of drug-likeness (QED) is 0.445. The second-order valence-corrected chi connectivity index (χ2v) is 8.46. The number of rotatable bonds is 4. The van der Waals surface area contributed by atoms with Gasteiger partial charge in [-0.3, -0.25) is 4.90 Å². The largest absolute Gasteiger partial charge is 0.488 e. The van der Waals surface area contributed by atoms with Crippen molar-refractivity contribution in [2.75, 3.05) is 39.5 Å². The number of aromatic nitrogens is 2. The molecule has 2 radical (unpaired) electrons. The van der Waals surface area contributed by atoms with Crippen LogP contribution in [0, 0.1) is 6.92 Å². The molecular formula is C25H24BN3O2. The molecule has 1 saturated heterocycles. The third-order valence-electron chi connectivity index (χ3n) is 6.36. The third kappa shape index (κ3) is 3.18. The van der Waals surface area contributed by atoms with Gasteiger partial charge in [0.15, 0.2) is 5.75 Å². The Balaban J connectivity index is 1.53. The van der Waals surface area contributed by atoms with Gasteiger partial charge < -0.3 is 19.4 Å². The molecule has 0 bridgehead atoms. The number of hydrogen-bond acceptors (Lipinski definition) is 3. The number of hydrogen-bond donors (Lipinski definition) is 2. The van der Waals surface area contributed by atoms with Crippen LogP contribution in [0.3, 0.4) is 0 Å². The Bertz CT molecular complexity index is 1330. The Morgan fingerprint density at radius 3 is 2.32 bits per heavy atom. The topological polar surface area (TPSA) is 53.3 Å². The second-order valence-electron chi connectivity index (χ2n) is 8.46. The molecule has 0 spiro atoms. The molecule has 154 valence electrons. The van der Waals surface area contributed by atoms with Crippen LogP contribution in [0.25, 0.3) is 43.6 Å². The van der Waals surface area contributed by atoms with Crippen LogP contribution in [0.5, 0.6) is 5.75 Å². The first-order chi connectivity index (χ1) is 15.2. The molecular weight excluding hydrogens is 385 g/mol. The molecule has 2 aromatic heterocycles. The van der Waals surface area contributed by atoms with Crippen LogP contribution in [-0.4, -0.2) is 62.2 Å². The van der Waals surface area contributed by atoms with Crippen molar-refractivity contribution < 1.29 is 9.47 Å². The molecule has 0 amide bonds. The lowest BCUT2D eigenvalue weighted by Gasteiger charge is -2.26. The fraction of sp³-hybridized carbons (Fsp3) is 0.280. The zero-order chi connectivity index (χ0) is 20.9. The maximum Gasteiger partial charge on any atom is 0.167 e. The summed E-state index contributed by atoms with van der Waals surface area (Å²) in [6.45, 7) is 7.15. The minimum Gasteiger partial charge on any atom is -0.488 e. The Hall–Kier alpha value is -2.96. The van der Waals surface area contributed by atoms with Crippen molar-refractivity contribution in [3.63, 3.8) is 0 Å². The molecule has 31 heavy (non-hydrogen) atoms. The Kier molecular flexibility index (Phi) is 4.44. The van der Waals surface area contributed by atoms with E-state index in [1.165, 1.54) is 16.3 Å². The Labute approximate surface area is 181 Å². The normalized spacial score (nSPS) is 15.5. The van der Waals surface area contributed by atoms with Gasteiger partial charge in [0.1, 0.15) is 14.5 Å². The SMILES string of the molecule is [B]c1ccc2[nH]c3c(OCCN4CCOCC4)c4[nH]c5ccc(C)cc5c4cc3c2c1. The molecule has 5 aromatic rings. The van der Waals surface area contributed by atoms with E-state index in [0.717, 1.165) is 76.9 Å². The van der Waals surface area contributed by atoms with Gasteiger partial charge in [0, 0.05) is 52.2 Å². The summed E-state index contributed by atoms with van der Waals surface area (Å²) in [5, 5.41) is 4.65. The number of aromatic amines is 2. The van der Waals surface area contributed by atoms with E-state index in [4.69, 9.17) is 17.3 Å². The van der Waals surface area contributed by atoms with Gasteiger partial charge in [0.25, 0.3) is 0 Å². The summed E-state index contributed by atoms with van der Waals surface area (Å²) in [5.74, 6) is 0.879. The molecule has 0 unspecified atom stereocenters. The summed E-state index contributed by atoms with van der Waals surface area (Å²) >= 11 is 0. The van der Waals surface area contributed by atoms with Crippen LogP contribution in [0.2, 0.25) is 0 Å². The zero-order valence-corrected chi connectivity index (χ0v) is 17.6. The van der Waals surface area contributed by atoms with Crippen LogP contribution >= 0.6 is 0 Å². The molecule has 2 N–H and O–H groups in total. The number of morpholine rings is 1. The third-order valence-corrected chi connectivity index (χ3v) is 6.36. The van der Waals surface area contributed by atoms with E-state index in [2.05, 4.69) is 46.1 Å². The molecule has 5 nitrogen and oxygen atoms in total. The number of aryl methyl sites for hydroxylation is 1. The van der Waals surface area contributed by atoms with Crippen molar-refractivity contribution in [3.8, 4) is 5.75 Å². The van der Waals surface area contributed by atoms with Crippen molar-refractivity contribution in [3.05, 3.63) is 48.0 Å². The van der Waals surface area contributed by atoms with Gasteiger partial charge in [-0.05, 0) is 31.2 Å². The molecule has 6 heteroatoms. The molecule has 1 fully saturated rings. The van der Waals surface area contributed by atoms with Gasteiger partial charge in [0.05, 0.1) is 24.2 Å². The number of H-pyrrole nitrogens is 2. The highest BCUT2D eigenvalue weighted by Gasteiger charge is 2.18. The molecule has 1 aliphatic heterocycles. The van der Waals surface area contributed by atoms with Crippen LogP contribution in [0.1, 0.15) is 5.56 Å². The number of benzene rings is 3. The Morgan fingerprint density at radius 1 is 0.903 bits per heavy atom. The minimum absolute atomic E-state index is 0.625. The highest BCUT2D eigenvalue weighted by molar-refractivity contribution is 6.34. The molecule has 3 heterocycles. The highest BCUT2D eigenvalue weighted by Crippen LogP contribution is 2.40. The average molecular weight is 409 g/mol. The second kappa shape index (κ2) is 7.33. The van der Waals surface area contributed by atoms with Crippen molar-refractivity contribution >= 4 is 56.9 Å². The smallest absolute Gasteiger partial charge is 0.167 e. The van der Waals surface area contributed by atoms with Crippen molar-refractivity contribution in [1.82, 2.24) is 14.9 Å². The van der Waals surface area contributed by atoms with E-state index in [1.807, 2.05) is 18.2 Å². The monoisotopic (exact) mass is 409 g/mol. The van der Waals surface area contributed by atoms with Gasteiger partial charge in [-0.25, -0.2) is 0 Å². The standard InChI is InChI=1S/C25H24BN3O2/c1-15-2-4-21-17(12-15)19-14-20-18-13-16(26)3-5-22(18)28-24(20)25(23(19)27-21)31-11-8-29-6-9-30-10-7-29/h2-5,12-14,27-28H,6-11H2,1H3. The first-order valence-electron chi connectivity index (χ1n) is 10.9. The fourth-order valence-electron chi connectivity index (χ4n) is 4.73. The van der Waals surface area contributed by atoms with E-state index >= 15 is 0 Å². The number of nitrogens with zero attached hydrogens (tertiary/aromatic N) is 1. The van der Waals surface area contributed by atoms with Gasteiger partial charge in [-0.15, -0.1) is 0 Å². The minimum atomic E-state index is 0.625. The predicted molar refractivity (Wildman–Crippen MR) is 128 cm³/mol. The van der Waals surface area contributed by atoms with E-state index in [0.29, 0.717) is 6.61 Å². The maximum atomic E-state index is 6.48. The average Bonchev–Trinajstić information content (AvgIpc) is 3.32. The lowest BCUT2D eigenvalue weighted by molar-refractivity contribution is 0.0324. The predicted octanol–water partition coefficient (Wildman–Crippen LogP) is 3.77. The summed E-state index contributed by atoms with van der Waals surface area (Å²) in [6.07, 6.45) is 0. The number of ether oxygens (including phenoxy) is 2. The maximum absolute atomic E-state index is 6.48. The first kappa shape index (κ1) is 18.8. The summed E-state index contributed by atoms with van der Waals surface area (Å²) in [6, 6.07) is 14.8. The molecule has 1 aliphatic rings. The zero-order valence-electron chi connectivity index (χ0n) is 17.6. The van der Waals surface area contributed by atoms with Crippen LogP contribution in [0.4, 0.5) is 0 Å². The van der Waals surface area contributed by atoms with E-state index in [-0.39, 0.29) is 0 Å². The lowest BCUT2D eigenvalue weighted by Crippen LogP contribution is -2.38. The number of nitrogens with one attached hydrogen (secondary N) is 2. The molecule has 3 aromatic carbocycles. The van der Waals surface area contributed by atoms with Gasteiger partial charge in [-0.2, -0.15) is 0 Å². The Morgan fingerprint density at radius 2 is 1.58 bits per heavy atom. The van der Waals surface area contributed by atoms with Gasteiger partial charge >= 0.3 is 0 Å². The highest BCUT2D eigenvalue weighted by atomic mass is 16.5. The summed E-state index contributed by atoms with van der Waals surface area (Å²) in [4.78, 5) is 9.57. The van der Waals surface area contributed by atoms with Crippen LogP contribution in [0.15, 0.2) is 42.5 Å². The summed E-state index contributed by atoms with van der Waals surface area (Å²) < 4.78 is 11.9. The van der Waals surface area contributed by atoms with Gasteiger partial charge in [-0.1, -0.05) is 29.2 Å². The van der Waals surface area contributed by atoms with E-state index in [9.17, 15) is 0 Å². The molecule has 6 rings (SSSR count). The lowest BCUT2D eigenvalue weighted by atomic mass is 9.94. The fourth-order valence-corrected chi connectivity index (χ4v) is 4.73. The van der Waals surface area contributed by atoms with Crippen LogP contribution < -0.4 is 10.2 Å². The number of fused-ring (bicyclic) bond motifs is 6. The van der Waals surface area contributed by atoms with Gasteiger partial charge in [0.2, 0.25) is 0 Å². The van der Waals surface area contributed by atoms with Crippen molar-refractivity contribution in [2.45, 2.75) is 6.92 Å². The molecule has 0 atom stereocenters. The van der Waals surface area contributed by atoms with E-state index < -0.39 is 0 Å².